The van der Waals surface area contributed by atoms with Crippen LogP contribution in [0.2, 0.25) is 0 Å². The number of hydrogen-bond acceptors (Lipinski definition) is 3. The maximum absolute atomic E-state index is 14.1. The van der Waals surface area contributed by atoms with Crippen LogP contribution in [0, 0.1) is 11.7 Å². The van der Waals surface area contributed by atoms with E-state index in [2.05, 4.69) is 5.32 Å². The fraction of sp³-hybridized carbons (Fsp3) is 0.600. The summed E-state index contributed by atoms with van der Waals surface area (Å²) in [6.45, 7) is 0.981. The van der Waals surface area contributed by atoms with E-state index in [-0.39, 0.29) is 4.90 Å². The van der Waals surface area contributed by atoms with Gasteiger partial charge in [0.2, 0.25) is 10.0 Å². The summed E-state index contributed by atoms with van der Waals surface area (Å²) >= 11 is 0. The molecule has 0 aromatic heterocycles. The van der Waals surface area contributed by atoms with Crippen LogP contribution in [0.3, 0.4) is 0 Å². The Balaban J connectivity index is 2.17. The predicted octanol–water partition coefficient (Wildman–Crippen LogP) is 2.36. The van der Waals surface area contributed by atoms with Crippen LogP contribution in [0.25, 0.3) is 0 Å². The summed E-state index contributed by atoms with van der Waals surface area (Å²) in [5, 5.41) is 2.91. The normalized spacial score (nSPS) is 16.8. The second kappa shape index (κ2) is 6.85. The molecule has 1 aliphatic carbocycles. The largest absolute Gasteiger partial charge is 0.316 e. The molecule has 0 amide bonds. The van der Waals surface area contributed by atoms with Gasteiger partial charge >= 0.3 is 0 Å². The first-order chi connectivity index (χ1) is 9.95. The van der Waals surface area contributed by atoms with E-state index in [4.69, 9.17) is 0 Å². The van der Waals surface area contributed by atoms with Crippen LogP contribution in [-0.2, 0) is 16.6 Å². The molecule has 1 aromatic rings. The average molecular weight is 314 g/mol. The molecule has 0 bridgehead atoms. The van der Waals surface area contributed by atoms with Crippen molar-refractivity contribution in [2.75, 3.05) is 20.6 Å². The van der Waals surface area contributed by atoms with Crippen LogP contribution in [0.4, 0.5) is 4.39 Å². The molecule has 0 heterocycles. The van der Waals surface area contributed by atoms with Gasteiger partial charge in [0.05, 0.1) is 0 Å². The minimum absolute atomic E-state index is 0.233. The van der Waals surface area contributed by atoms with Gasteiger partial charge in [-0.15, -0.1) is 0 Å². The summed E-state index contributed by atoms with van der Waals surface area (Å²) in [5.41, 5.74) is 0.729. The van der Waals surface area contributed by atoms with Crippen LogP contribution in [0.15, 0.2) is 23.1 Å². The highest BCUT2D eigenvalue weighted by Crippen LogP contribution is 2.27. The average Bonchev–Trinajstić information content (AvgIpc) is 2.91. The fourth-order valence-electron chi connectivity index (χ4n) is 2.89. The first-order valence-corrected chi connectivity index (χ1v) is 8.78. The van der Waals surface area contributed by atoms with Gasteiger partial charge in [-0.1, -0.05) is 18.9 Å². The Kier molecular flexibility index (Phi) is 5.35. The molecule has 0 saturated heterocycles. The minimum atomic E-state index is -3.75. The first kappa shape index (κ1) is 16.4. The van der Waals surface area contributed by atoms with E-state index in [1.54, 1.807) is 13.1 Å². The molecular weight excluding hydrogens is 291 g/mol. The zero-order chi connectivity index (χ0) is 15.5. The Morgan fingerprint density at radius 2 is 2.00 bits per heavy atom. The molecule has 0 aliphatic heterocycles. The summed E-state index contributed by atoms with van der Waals surface area (Å²) in [6.07, 6.45) is 4.43. The Bertz CT molecular complexity index is 583. The van der Waals surface area contributed by atoms with Gasteiger partial charge < -0.3 is 5.32 Å². The number of rotatable bonds is 6. The highest BCUT2D eigenvalue weighted by molar-refractivity contribution is 7.89. The Morgan fingerprint density at radius 1 is 1.33 bits per heavy atom. The molecule has 1 aromatic carbocycles. The molecule has 1 fully saturated rings. The highest BCUT2D eigenvalue weighted by Gasteiger charge is 2.27. The SMILES string of the molecule is CNCc1ccc(S(=O)(=O)N(C)CC2CCCC2)c(F)c1. The monoisotopic (exact) mass is 314 g/mol. The van der Waals surface area contributed by atoms with Crippen molar-refractivity contribution in [2.45, 2.75) is 37.1 Å². The number of nitrogens with zero attached hydrogens (tertiary/aromatic N) is 1. The maximum atomic E-state index is 14.1. The van der Waals surface area contributed by atoms with Crippen molar-refractivity contribution in [2.24, 2.45) is 5.92 Å². The van der Waals surface area contributed by atoms with Crippen LogP contribution >= 0.6 is 0 Å². The third-order valence-electron chi connectivity index (χ3n) is 4.06. The van der Waals surface area contributed by atoms with E-state index in [0.29, 0.717) is 19.0 Å². The molecule has 0 unspecified atom stereocenters. The van der Waals surface area contributed by atoms with Gasteiger partial charge in [0.25, 0.3) is 0 Å². The number of benzene rings is 1. The lowest BCUT2D eigenvalue weighted by molar-refractivity contribution is 0.385. The number of halogens is 1. The lowest BCUT2D eigenvalue weighted by Crippen LogP contribution is -2.31. The zero-order valence-electron chi connectivity index (χ0n) is 12.6. The third-order valence-corrected chi connectivity index (χ3v) is 5.91. The standard InChI is InChI=1S/C15H23FN2O2S/c1-17-10-13-7-8-15(14(16)9-13)21(19,20)18(2)11-12-5-3-4-6-12/h7-9,12,17H,3-6,10-11H2,1-2H3. The summed E-state index contributed by atoms with van der Waals surface area (Å²) in [4.78, 5) is -0.233. The molecule has 21 heavy (non-hydrogen) atoms. The smallest absolute Gasteiger partial charge is 0.245 e. The van der Waals surface area contributed by atoms with Crippen LogP contribution < -0.4 is 5.32 Å². The molecule has 2 rings (SSSR count). The molecule has 118 valence electrons. The van der Waals surface area contributed by atoms with E-state index in [1.807, 2.05) is 0 Å². The summed E-state index contributed by atoms with van der Waals surface area (Å²) in [6, 6.07) is 4.30. The molecule has 1 N–H and O–H groups in total. The lowest BCUT2D eigenvalue weighted by atomic mass is 10.1. The third kappa shape index (κ3) is 3.81. The van der Waals surface area contributed by atoms with Crippen LogP contribution in [0.5, 0.6) is 0 Å². The topological polar surface area (TPSA) is 49.4 Å². The predicted molar refractivity (Wildman–Crippen MR) is 80.9 cm³/mol. The van der Waals surface area contributed by atoms with Gasteiger partial charge in [0.15, 0.2) is 0 Å². The highest BCUT2D eigenvalue weighted by atomic mass is 32.2. The number of hydrogen-bond donors (Lipinski definition) is 1. The zero-order valence-corrected chi connectivity index (χ0v) is 13.4. The summed E-state index contributed by atoms with van der Waals surface area (Å²) < 4.78 is 40.4. The van der Waals surface area contributed by atoms with Gasteiger partial charge in [0.1, 0.15) is 10.7 Å². The lowest BCUT2D eigenvalue weighted by Gasteiger charge is -2.21. The van der Waals surface area contributed by atoms with Gasteiger partial charge in [-0.05, 0) is 43.5 Å². The van der Waals surface area contributed by atoms with Crippen LogP contribution in [0.1, 0.15) is 31.2 Å². The van der Waals surface area contributed by atoms with E-state index in [9.17, 15) is 12.8 Å². The minimum Gasteiger partial charge on any atom is -0.316 e. The molecule has 1 aliphatic rings. The van der Waals surface area contributed by atoms with E-state index in [1.165, 1.54) is 23.5 Å². The molecule has 0 radical (unpaired) electrons. The van der Waals surface area contributed by atoms with Crippen molar-refractivity contribution >= 4 is 10.0 Å². The second-order valence-corrected chi connectivity index (χ2v) is 7.74. The fourth-order valence-corrected chi connectivity index (χ4v) is 4.18. The van der Waals surface area contributed by atoms with Crippen molar-refractivity contribution in [1.29, 1.82) is 0 Å². The van der Waals surface area contributed by atoms with Crippen LogP contribution in [-0.4, -0.2) is 33.4 Å². The molecule has 6 heteroatoms. The maximum Gasteiger partial charge on any atom is 0.245 e. The Hall–Kier alpha value is -0.980. The number of sulfonamides is 1. The van der Waals surface area contributed by atoms with E-state index >= 15 is 0 Å². The molecule has 0 spiro atoms. The van der Waals surface area contributed by atoms with Crippen molar-refractivity contribution in [3.63, 3.8) is 0 Å². The summed E-state index contributed by atoms with van der Waals surface area (Å²) in [7, 11) is -0.453. The molecule has 4 nitrogen and oxygen atoms in total. The molecule has 0 atom stereocenters. The van der Waals surface area contributed by atoms with Gasteiger partial charge in [-0.2, -0.15) is 0 Å². The van der Waals surface area contributed by atoms with Crippen molar-refractivity contribution in [3.8, 4) is 0 Å². The second-order valence-electron chi connectivity index (χ2n) is 5.73. The quantitative estimate of drug-likeness (QED) is 0.877. The molecular formula is C15H23FN2O2S. The number of nitrogens with one attached hydrogen (secondary N) is 1. The van der Waals surface area contributed by atoms with Crippen molar-refractivity contribution in [1.82, 2.24) is 9.62 Å². The van der Waals surface area contributed by atoms with E-state index in [0.717, 1.165) is 31.2 Å². The Labute approximate surface area is 126 Å². The Morgan fingerprint density at radius 3 is 2.57 bits per heavy atom. The van der Waals surface area contributed by atoms with E-state index < -0.39 is 15.8 Å². The van der Waals surface area contributed by atoms with Gasteiger partial charge in [-0.25, -0.2) is 17.1 Å². The van der Waals surface area contributed by atoms with Crippen molar-refractivity contribution in [3.05, 3.63) is 29.6 Å². The van der Waals surface area contributed by atoms with Gasteiger partial charge in [-0.3, -0.25) is 0 Å². The van der Waals surface area contributed by atoms with Gasteiger partial charge in [0, 0.05) is 20.1 Å². The summed E-state index contributed by atoms with van der Waals surface area (Å²) in [5.74, 6) is -0.280. The van der Waals surface area contributed by atoms with Crippen molar-refractivity contribution < 1.29 is 12.8 Å². The molecule has 1 saturated carbocycles. The first-order valence-electron chi connectivity index (χ1n) is 7.34.